The van der Waals surface area contributed by atoms with Crippen molar-refractivity contribution in [3.8, 4) is 0 Å². The largest absolute Gasteiger partial charge is 0.354 e. The van der Waals surface area contributed by atoms with Gasteiger partial charge in [0.05, 0.1) is 0 Å². The molecule has 0 amide bonds. The second-order valence-electron chi connectivity index (χ2n) is 6.70. The number of hydrogen-bond donors (Lipinski definition) is 0. The monoisotopic (exact) mass is 319 g/mol. The third-order valence-corrected chi connectivity index (χ3v) is 5.13. The molecule has 0 N–H and O–H groups in total. The van der Waals surface area contributed by atoms with Gasteiger partial charge in [-0.1, -0.05) is 25.3 Å². The fraction of sp³-hybridized carbons (Fsp3) is 0.667. The minimum Gasteiger partial charge on any atom is -0.354 e. The Morgan fingerprint density at radius 1 is 1.13 bits per heavy atom. The lowest BCUT2D eigenvalue weighted by atomic mass is 9.85. The number of anilines is 1. The van der Waals surface area contributed by atoms with Gasteiger partial charge in [-0.2, -0.15) is 4.39 Å². The molecule has 1 aromatic heterocycles. The Balaban J connectivity index is 1.41. The number of piperazine rings is 1. The van der Waals surface area contributed by atoms with Gasteiger partial charge in [-0.25, -0.2) is 4.98 Å². The van der Waals surface area contributed by atoms with Crippen LogP contribution in [0.15, 0.2) is 18.2 Å². The lowest BCUT2D eigenvalue weighted by Gasteiger charge is -2.35. The van der Waals surface area contributed by atoms with Gasteiger partial charge in [0.15, 0.2) is 0 Å². The maximum atomic E-state index is 13.2. The van der Waals surface area contributed by atoms with Crippen LogP contribution in [0.3, 0.4) is 0 Å². The molecule has 2 aliphatic rings. The molecule has 1 saturated carbocycles. The van der Waals surface area contributed by atoms with E-state index in [0.717, 1.165) is 45.6 Å². The number of nitrogens with zero attached hydrogens (tertiary/aromatic N) is 3. The Labute approximate surface area is 137 Å². The molecule has 3 rings (SSSR count). The van der Waals surface area contributed by atoms with Crippen molar-refractivity contribution in [3.05, 3.63) is 24.1 Å². The van der Waals surface area contributed by atoms with Crippen molar-refractivity contribution in [1.29, 1.82) is 0 Å². The van der Waals surface area contributed by atoms with Crippen LogP contribution < -0.4 is 4.90 Å². The summed E-state index contributed by atoms with van der Waals surface area (Å²) in [4.78, 5) is 20.7. The fourth-order valence-corrected chi connectivity index (χ4v) is 3.67. The molecule has 23 heavy (non-hydrogen) atoms. The third kappa shape index (κ3) is 4.50. The first-order valence-electron chi connectivity index (χ1n) is 8.85. The summed E-state index contributed by atoms with van der Waals surface area (Å²) in [7, 11) is 0. The summed E-state index contributed by atoms with van der Waals surface area (Å²) in [5, 5.41) is 0. The first-order valence-corrected chi connectivity index (χ1v) is 8.85. The summed E-state index contributed by atoms with van der Waals surface area (Å²) in [5.41, 5.74) is 0. The Morgan fingerprint density at radius 3 is 2.57 bits per heavy atom. The van der Waals surface area contributed by atoms with Crippen LogP contribution in [0, 0.1) is 11.9 Å². The van der Waals surface area contributed by atoms with E-state index in [1.54, 1.807) is 6.07 Å². The van der Waals surface area contributed by atoms with E-state index in [9.17, 15) is 9.18 Å². The van der Waals surface area contributed by atoms with Crippen LogP contribution in [0.5, 0.6) is 0 Å². The van der Waals surface area contributed by atoms with Crippen LogP contribution >= 0.6 is 0 Å². The Morgan fingerprint density at radius 2 is 1.87 bits per heavy atom. The van der Waals surface area contributed by atoms with Gasteiger partial charge >= 0.3 is 0 Å². The van der Waals surface area contributed by atoms with E-state index >= 15 is 0 Å². The van der Waals surface area contributed by atoms with Gasteiger partial charge in [0.2, 0.25) is 5.95 Å². The van der Waals surface area contributed by atoms with Crippen molar-refractivity contribution in [2.24, 2.45) is 5.92 Å². The predicted molar refractivity (Wildman–Crippen MR) is 89.0 cm³/mol. The Bertz CT molecular complexity index is 523. The maximum absolute atomic E-state index is 13.2. The number of carbonyl (C=O) groups is 1. The summed E-state index contributed by atoms with van der Waals surface area (Å²) in [5.74, 6) is 1.06. The minimum absolute atomic E-state index is 0.321. The Kier molecular flexibility index (Phi) is 5.60. The molecule has 0 aromatic carbocycles. The summed E-state index contributed by atoms with van der Waals surface area (Å²) in [6.07, 6.45) is 6.60. The van der Waals surface area contributed by atoms with E-state index in [1.165, 1.54) is 25.3 Å². The smallest absolute Gasteiger partial charge is 0.214 e. The van der Waals surface area contributed by atoms with Crippen LogP contribution in [0.2, 0.25) is 0 Å². The van der Waals surface area contributed by atoms with E-state index in [2.05, 4.69) is 14.8 Å². The van der Waals surface area contributed by atoms with E-state index in [4.69, 9.17) is 0 Å². The molecule has 1 aliphatic carbocycles. The van der Waals surface area contributed by atoms with Gasteiger partial charge in [0.1, 0.15) is 11.6 Å². The van der Waals surface area contributed by atoms with Crippen LogP contribution in [-0.2, 0) is 4.79 Å². The predicted octanol–water partition coefficient (Wildman–Crippen LogP) is 2.88. The topological polar surface area (TPSA) is 36.4 Å². The molecule has 5 heteroatoms. The summed E-state index contributed by atoms with van der Waals surface area (Å²) in [6.45, 7) is 4.37. The summed E-state index contributed by atoms with van der Waals surface area (Å²) >= 11 is 0. The van der Waals surface area contributed by atoms with Crippen LogP contribution in [0.25, 0.3) is 0 Å². The van der Waals surface area contributed by atoms with E-state index in [-0.39, 0.29) is 0 Å². The van der Waals surface area contributed by atoms with Crippen molar-refractivity contribution in [3.63, 3.8) is 0 Å². The molecule has 0 unspecified atom stereocenters. The molecule has 1 aromatic rings. The molecule has 0 radical (unpaired) electrons. The summed E-state index contributed by atoms with van der Waals surface area (Å²) in [6, 6.07) is 4.93. The van der Waals surface area contributed by atoms with Crippen molar-refractivity contribution >= 4 is 11.6 Å². The number of pyridine rings is 1. The van der Waals surface area contributed by atoms with Gasteiger partial charge < -0.3 is 4.90 Å². The second-order valence-corrected chi connectivity index (χ2v) is 6.70. The molecule has 126 valence electrons. The van der Waals surface area contributed by atoms with Gasteiger partial charge in [-0.3, -0.25) is 9.69 Å². The lowest BCUT2D eigenvalue weighted by Crippen LogP contribution is -2.47. The number of ketones is 1. The molecule has 0 bridgehead atoms. The molecule has 0 spiro atoms. The van der Waals surface area contributed by atoms with Crippen molar-refractivity contribution in [2.75, 3.05) is 37.6 Å². The first kappa shape index (κ1) is 16.4. The zero-order valence-corrected chi connectivity index (χ0v) is 13.7. The number of aromatic nitrogens is 1. The van der Waals surface area contributed by atoms with Gasteiger partial charge in [-0.05, 0) is 25.0 Å². The van der Waals surface area contributed by atoms with Crippen molar-refractivity contribution in [1.82, 2.24) is 9.88 Å². The fourth-order valence-electron chi connectivity index (χ4n) is 3.67. The van der Waals surface area contributed by atoms with Gasteiger partial charge in [0, 0.05) is 45.1 Å². The molecular formula is C18H26FN3O. The molecule has 4 nitrogen and oxygen atoms in total. The highest BCUT2D eigenvalue weighted by molar-refractivity contribution is 5.81. The SMILES string of the molecule is O=C(CCN1CCN(c2cccc(F)n2)CC1)C1CCCCC1. The minimum atomic E-state index is -0.428. The molecule has 1 saturated heterocycles. The quantitative estimate of drug-likeness (QED) is 0.782. The number of carbonyl (C=O) groups excluding carboxylic acids is 1. The lowest BCUT2D eigenvalue weighted by molar-refractivity contribution is -0.124. The van der Waals surface area contributed by atoms with Crippen molar-refractivity contribution < 1.29 is 9.18 Å². The number of Topliss-reactive ketones (excluding diaryl/α,β-unsaturated/α-hetero) is 1. The van der Waals surface area contributed by atoms with Gasteiger partial charge in [0.25, 0.3) is 0 Å². The van der Waals surface area contributed by atoms with Gasteiger partial charge in [-0.15, -0.1) is 0 Å². The van der Waals surface area contributed by atoms with E-state index in [0.29, 0.717) is 23.9 Å². The molecule has 0 atom stereocenters. The second kappa shape index (κ2) is 7.86. The highest BCUT2D eigenvalue weighted by atomic mass is 19.1. The summed E-state index contributed by atoms with van der Waals surface area (Å²) < 4.78 is 13.2. The van der Waals surface area contributed by atoms with Crippen LogP contribution in [-0.4, -0.2) is 48.4 Å². The Hall–Kier alpha value is -1.49. The highest BCUT2D eigenvalue weighted by Gasteiger charge is 2.23. The van der Waals surface area contributed by atoms with Crippen molar-refractivity contribution in [2.45, 2.75) is 38.5 Å². The zero-order valence-electron chi connectivity index (χ0n) is 13.7. The maximum Gasteiger partial charge on any atom is 0.214 e. The number of hydrogen-bond acceptors (Lipinski definition) is 4. The first-order chi connectivity index (χ1) is 11.2. The molecule has 2 heterocycles. The normalized spacial score (nSPS) is 20.7. The molecule has 1 aliphatic heterocycles. The highest BCUT2D eigenvalue weighted by Crippen LogP contribution is 2.25. The van der Waals surface area contributed by atoms with E-state index < -0.39 is 5.95 Å². The average molecular weight is 319 g/mol. The van der Waals surface area contributed by atoms with E-state index in [1.807, 2.05) is 6.07 Å². The molecule has 2 fully saturated rings. The molecular weight excluding hydrogens is 293 g/mol. The average Bonchev–Trinajstić information content (AvgIpc) is 2.61. The third-order valence-electron chi connectivity index (χ3n) is 5.13. The zero-order chi connectivity index (χ0) is 16.1. The number of rotatable bonds is 5. The van der Waals surface area contributed by atoms with Crippen LogP contribution in [0.4, 0.5) is 10.2 Å². The van der Waals surface area contributed by atoms with Crippen LogP contribution in [0.1, 0.15) is 38.5 Å². The number of halogens is 1. The standard InChI is InChI=1S/C18H26FN3O/c19-17-7-4-8-18(20-17)22-13-11-21(12-14-22)10-9-16(23)15-5-2-1-3-6-15/h4,7-8,15H,1-3,5-6,9-14H2.